The molecule has 0 amide bonds. The molecule has 3 unspecified atom stereocenters. The van der Waals surface area contributed by atoms with Gasteiger partial charge in [-0.15, -0.1) is 0 Å². The molecule has 3 N–H and O–H groups in total. The van der Waals surface area contributed by atoms with Gasteiger partial charge in [0.15, 0.2) is 6.04 Å². The van der Waals surface area contributed by atoms with Gasteiger partial charge in [-0.2, -0.15) is 0 Å². The van der Waals surface area contributed by atoms with Crippen molar-refractivity contribution in [2.75, 3.05) is 39.3 Å². The van der Waals surface area contributed by atoms with Gasteiger partial charge in [0.25, 0.3) is 0 Å². The molecule has 5 heteroatoms. The Bertz CT molecular complexity index is 298. The highest BCUT2D eigenvalue weighted by Crippen LogP contribution is 2.29. The second-order valence-electron chi connectivity index (χ2n) is 5.67. The maximum Gasteiger partial charge on any atom is 0.362 e. The number of hydrogen-bond donors (Lipinski definition) is 3. The average molecular weight is 256 g/mol. The van der Waals surface area contributed by atoms with Crippen LogP contribution in [0.25, 0.3) is 0 Å². The van der Waals surface area contributed by atoms with E-state index in [1.165, 1.54) is 6.42 Å². The normalized spacial score (nSPS) is 35.7. The number of quaternary nitrogens is 1. The highest BCUT2D eigenvalue weighted by atomic mass is 16.4. The van der Waals surface area contributed by atoms with Crippen LogP contribution in [0.2, 0.25) is 0 Å². The molecule has 3 atom stereocenters. The summed E-state index contributed by atoms with van der Waals surface area (Å²) >= 11 is 0. The lowest BCUT2D eigenvalue weighted by molar-refractivity contribution is -0.966. The SMILES string of the molecule is CC(C(=O)O)[N+]12CCCCC1CNCCNCC2. The molecular formula is C13H26N3O2+. The second-order valence-corrected chi connectivity index (χ2v) is 5.67. The minimum atomic E-state index is -0.652. The van der Waals surface area contributed by atoms with Crippen LogP contribution in [-0.2, 0) is 4.79 Å². The van der Waals surface area contributed by atoms with E-state index in [0.29, 0.717) is 6.04 Å². The molecule has 0 aromatic heterocycles. The fourth-order valence-electron chi connectivity index (χ4n) is 3.59. The van der Waals surface area contributed by atoms with Crippen LogP contribution in [0.3, 0.4) is 0 Å². The molecule has 0 aromatic carbocycles. The van der Waals surface area contributed by atoms with Crippen molar-refractivity contribution in [1.82, 2.24) is 10.6 Å². The zero-order valence-corrected chi connectivity index (χ0v) is 11.3. The molecule has 0 aromatic rings. The van der Waals surface area contributed by atoms with Crippen molar-refractivity contribution >= 4 is 5.97 Å². The molecule has 2 heterocycles. The summed E-state index contributed by atoms with van der Waals surface area (Å²) in [5.74, 6) is -0.652. The van der Waals surface area contributed by atoms with Crippen molar-refractivity contribution in [1.29, 1.82) is 0 Å². The molecule has 2 fully saturated rings. The van der Waals surface area contributed by atoms with Crippen molar-refractivity contribution in [3.05, 3.63) is 0 Å². The number of aliphatic carboxylic acids is 1. The van der Waals surface area contributed by atoms with E-state index in [4.69, 9.17) is 0 Å². The number of piperidine rings is 1. The van der Waals surface area contributed by atoms with Gasteiger partial charge in [0.05, 0.1) is 13.1 Å². The summed E-state index contributed by atoms with van der Waals surface area (Å²) in [4.78, 5) is 11.5. The average Bonchev–Trinajstić information content (AvgIpc) is 2.47. The minimum absolute atomic E-state index is 0.294. The fraction of sp³-hybridized carbons (Fsp3) is 0.923. The van der Waals surface area contributed by atoms with Gasteiger partial charge < -0.3 is 20.2 Å². The maximum atomic E-state index is 11.5. The van der Waals surface area contributed by atoms with Gasteiger partial charge in [0.2, 0.25) is 0 Å². The zero-order chi connectivity index (χ0) is 13.0. The zero-order valence-electron chi connectivity index (χ0n) is 11.3. The number of carboxylic acid groups (broad SMARTS) is 1. The topological polar surface area (TPSA) is 61.4 Å². The number of nitrogens with zero attached hydrogens (tertiary/aromatic N) is 1. The Balaban J connectivity index is 2.22. The van der Waals surface area contributed by atoms with E-state index >= 15 is 0 Å². The Kier molecular flexibility index (Phi) is 4.59. The lowest BCUT2D eigenvalue weighted by Gasteiger charge is -2.50. The van der Waals surface area contributed by atoms with E-state index in [-0.39, 0.29) is 6.04 Å². The van der Waals surface area contributed by atoms with Crippen LogP contribution < -0.4 is 10.6 Å². The van der Waals surface area contributed by atoms with Crippen molar-refractivity contribution < 1.29 is 14.4 Å². The van der Waals surface area contributed by atoms with Gasteiger partial charge in [-0.3, -0.25) is 0 Å². The first-order valence-corrected chi connectivity index (χ1v) is 7.17. The predicted molar refractivity (Wildman–Crippen MR) is 70.5 cm³/mol. The molecular weight excluding hydrogens is 230 g/mol. The van der Waals surface area contributed by atoms with Crippen molar-refractivity contribution in [3.63, 3.8) is 0 Å². The summed E-state index contributed by atoms with van der Waals surface area (Å²) in [6.45, 7) is 7.70. The maximum absolute atomic E-state index is 11.5. The van der Waals surface area contributed by atoms with E-state index in [1.54, 1.807) is 0 Å². The first kappa shape index (κ1) is 13.8. The highest BCUT2D eigenvalue weighted by Gasteiger charge is 2.46. The molecule has 0 bridgehead atoms. The summed E-state index contributed by atoms with van der Waals surface area (Å²) in [6, 6.07) is 0.168. The fourth-order valence-corrected chi connectivity index (χ4v) is 3.59. The van der Waals surface area contributed by atoms with Crippen LogP contribution in [0.4, 0.5) is 0 Å². The molecule has 2 saturated heterocycles. The Morgan fingerprint density at radius 2 is 2.00 bits per heavy atom. The third kappa shape index (κ3) is 2.68. The van der Waals surface area contributed by atoms with Gasteiger partial charge in [-0.25, -0.2) is 4.79 Å². The summed E-state index contributed by atoms with van der Waals surface area (Å²) in [5.41, 5.74) is 0. The molecule has 2 rings (SSSR count). The van der Waals surface area contributed by atoms with Crippen molar-refractivity contribution in [2.45, 2.75) is 38.3 Å². The second kappa shape index (κ2) is 5.99. The van der Waals surface area contributed by atoms with E-state index in [2.05, 4.69) is 10.6 Å². The van der Waals surface area contributed by atoms with Crippen LogP contribution in [0.5, 0.6) is 0 Å². The Labute approximate surface area is 109 Å². The number of nitrogens with one attached hydrogen (secondary N) is 2. The molecule has 2 aliphatic heterocycles. The van der Waals surface area contributed by atoms with E-state index in [9.17, 15) is 9.90 Å². The summed E-state index contributed by atoms with van der Waals surface area (Å²) in [7, 11) is 0. The van der Waals surface area contributed by atoms with Gasteiger partial charge in [-0.05, 0) is 19.8 Å². The van der Waals surface area contributed by atoms with Gasteiger partial charge in [0.1, 0.15) is 6.04 Å². The van der Waals surface area contributed by atoms with Crippen LogP contribution in [-0.4, -0.2) is 66.9 Å². The molecule has 104 valence electrons. The molecule has 5 nitrogen and oxygen atoms in total. The third-order valence-corrected chi connectivity index (χ3v) is 4.78. The van der Waals surface area contributed by atoms with Crippen LogP contribution in [0, 0.1) is 0 Å². The number of fused-ring (bicyclic) bond motifs is 1. The summed E-state index contributed by atoms with van der Waals surface area (Å²) in [5, 5.41) is 16.3. The lowest BCUT2D eigenvalue weighted by atomic mass is 9.94. The van der Waals surface area contributed by atoms with Gasteiger partial charge in [-0.1, -0.05) is 0 Å². The standard InChI is InChI=1S/C13H25N3O2/c1-11(13(17)18)16-8-3-2-4-12(16)10-15-6-5-14-7-9-16/h11-12,14-15H,2-10H2,1H3/p+1. The number of carboxylic acids is 1. The molecule has 0 spiro atoms. The predicted octanol–water partition coefficient (Wildman–Crippen LogP) is 0.0216. The lowest BCUT2D eigenvalue weighted by Crippen LogP contribution is -2.68. The third-order valence-electron chi connectivity index (χ3n) is 4.78. The minimum Gasteiger partial charge on any atom is -0.477 e. The van der Waals surface area contributed by atoms with E-state index in [1.807, 2.05) is 6.92 Å². The number of hydrogen-bond acceptors (Lipinski definition) is 3. The summed E-state index contributed by atoms with van der Waals surface area (Å²) < 4.78 is 0.759. The molecule has 2 aliphatic rings. The monoisotopic (exact) mass is 256 g/mol. The largest absolute Gasteiger partial charge is 0.477 e. The Hall–Kier alpha value is -0.650. The molecule has 0 saturated carbocycles. The molecule has 18 heavy (non-hydrogen) atoms. The van der Waals surface area contributed by atoms with Gasteiger partial charge >= 0.3 is 5.97 Å². The Morgan fingerprint density at radius 1 is 1.22 bits per heavy atom. The van der Waals surface area contributed by atoms with Gasteiger partial charge in [0, 0.05) is 32.6 Å². The van der Waals surface area contributed by atoms with Crippen molar-refractivity contribution in [3.8, 4) is 0 Å². The van der Waals surface area contributed by atoms with E-state index < -0.39 is 5.97 Å². The summed E-state index contributed by atoms with van der Waals surface area (Å²) in [6.07, 6.45) is 3.56. The molecule has 0 aliphatic carbocycles. The van der Waals surface area contributed by atoms with Crippen LogP contribution >= 0.6 is 0 Å². The quantitative estimate of drug-likeness (QED) is 0.610. The highest BCUT2D eigenvalue weighted by molar-refractivity contribution is 5.71. The smallest absolute Gasteiger partial charge is 0.362 e. The first-order chi connectivity index (χ1) is 8.67. The first-order valence-electron chi connectivity index (χ1n) is 7.17. The Morgan fingerprint density at radius 3 is 2.78 bits per heavy atom. The molecule has 0 radical (unpaired) electrons. The van der Waals surface area contributed by atoms with Crippen LogP contribution in [0.1, 0.15) is 26.2 Å². The number of rotatable bonds is 2. The van der Waals surface area contributed by atoms with Crippen LogP contribution in [0.15, 0.2) is 0 Å². The van der Waals surface area contributed by atoms with E-state index in [0.717, 1.165) is 56.6 Å². The number of carbonyl (C=O) groups is 1. The van der Waals surface area contributed by atoms with Crippen molar-refractivity contribution in [2.24, 2.45) is 0 Å².